The Bertz CT molecular complexity index is 358. The maximum atomic E-state index is 11.4. The minimum absolute atomic E-state index is 0.0473. The molecule has 0 fully saturated rings. The van der Waals surface area contributed by atoms with Crippen LogP contribution in [0.2, 0.25) is 0 Å². The molecule has 1 aromatic heterocycles. The molecule has 0 aliphatic carbocycles. The molecule has 0 aromatic carbocycles. The quantitative estimate of drug-likeness (QED) is 0.688. The Morgan fingerprint density at radius 3 is 2.79 bits per heavy atom. The van der Waals surface area contributed by atoms with Crippen molar-refractivity contribution in [2.24, 2.45) is 0 Å². The van der Waals surface area contributed by atoms with Crippen LogP contribution in [0.1, 0.15) is 12.0 Å². The van der Waals surface area contributed by atoms with Gasteiger partial charge in [-0.2, -0.15) is 0 Å². The topological polar surface area (TPSA) is 54.3 Å². The lowest BCUT2D eigenvalue weighted by molar-refractivity contribution is 0.401. The van der Waals surface area contributed by atoms with Crippen molar-refractivity contribution in [1.29, 1.82) is 0 Å². The van der Waals surface area contributed by atoms with Crippen LogP contribution in [0, 0.1) is 6.92 Å². The van der Waals surface area contributed by atoms with Gasteiger partial charge in [0.25, 0.3) is 5.56 Å². The van der Waals surface area contributed by atoms with Crippen LogP contribution in [0.3, 0.4) is 0 Å². The molecule has 0 saturated heterocycles. The number of aromatic hydroxyl groups is 1. The smallest absolute Gasteiger partial charge is 0.253 e. The summed E-state index contributed by atoms with van der Waals surface area (Å²) < 4.78 is 1.38. The number of nitrogens with zero attached hydrogens (tertiary/aromatic N) is 1. The van der Waals surface area contributed by atoms with Gasteiger partial charge >= 0.3 is 0 Å². The molecule has 0 bridgehead atoms. The first-order chi connectivity index (χ1) is 6.65. The van der Waals surface area contributed by atoms with Crippen LogP contribution < -0.4 is 10.9 Å². The molecule has 2 N–H and O–H groups in total. The molecule has 0 aliphatic heterocycles. The molecule has 0 aliphatic rings. The highest BCUT2D eigenvalue weighted by Gasteiger charge is 2.02. The van der Waals surface area contributed by atoms with E-state index in [1.807, 2.05) is 7.05 Å². The largest absolute Gasteiger partial charge is 0.494 e. The molecule has 0 atom stereocenters. The Balaban J connectivity index is 2.81. The van der Waals surface area contributed by atoms with Crippen LogP contribution in [0.4, 0.5) is 0 Å². The van der Waals surface area contributed by atoms with Gasteiger partial charge in [0.05, 0.1) is 0 Å². The van der Waals surface area contributed by atoms with Crippen molar-refractivity contribution in [3.05, 3.63) is 28.0 Å². The first-order valence-electron chi connectivity index (χ1n) is 4.70. The van der Waals surface area contributed by atoms with Gasteiger partial charge in [-0.25, -0.2) is 0 Å². The molecule has 4 nitrogen and oxygen atoms in total. The van der Waals surface area contributed by atoms with E-state index in [1.165, 1.54) is 10.6 Å². The van der Waals surface area contributed by atoms with Gasteiger partial charge < -0.3 is 10.4 Å². The molecule has 78 valence electrons. The van der Waals surface area contributed by atoms with Gasteiger partial charge in [-0.3, -0.25) is 9.36 Å². The number of hydrogen-bond donors (Lipinski definition) is 2. The number of aryl methyl sites for hydroxylation is 1. The van der Waals surface area contributed by atoms with Crippen molar-refractivity contribution in [2.45, 2.75) is 19.9 Å². The van der Waals surface area contributed by atoms with E-state index in [0.717, 1.165) is 18.5 Å². The van der Waals surface area contributed by atoms with E-state index < -0.39 is 0 Å². The number of aromatic nitrogens is 1. The predicted octanol–water partition coefficient (Wildman–Crippen LogP) is 0.472. The Labute approximate surface area is 83.2 Å². The SMILES string of the molecule is CNCCCn1c(O)cc(C)cc1=O. The third-order valence-electron chi connectivity index (χ3n) is 2.06. The van der Waals surface area contributed by atoms with Crippen LogP contribution in [-0.4, -0.2) is 23.3 Å². The normalized spacial score (nSPS) is 10.4. The summed E-state index contributed by atoms with van der Waals surface area (Å²) in [5.41, 5.74) is 0.649. The molecule has 0 amide bonds. The van der Waals surface area contributed by atoms with E-state index in [-0.39, 0.29) is 11.4 Å². The van der Waals surface area contributed by atoms with E-state index in [1.54, 1.807) is 13.0 Å². The van der Waals surface area contributed by atoms with Gasteiger partial charge in [-0.1, -0.05) is 0 Å². The van der Waals surface area contributed by atoms with Gasteiger partial charge in [0.2, 0.25) is 0 Å². The molecule has 1 rings (SSSR count). The highest BCUT2D eigenvalue weighted by Crippen LogP contribution is 2.07. The molecule has 0 saturated carbocycles. The van der Waals surface area contributed by atoms with Crippen molar-refractivity contribution in [2.75, 3.05) is 13.6 Å². The van der Waals surface area contributed by atoms with Gasteiger partial charge in [0.15, 0.2) is 5.88 Å². The van der Waals surface area contributed by atoms with Crippen molar-refractivity contribution in [1.82, 2.24) is 9.88 Å². The lowest BCUT2D eigenvalue weighted by Crippen LogP contribution is -2.21. The van der Waals surface area contributed by atoms with Gasteiger partial charge in [-0.15, -0.1) is 0 Å². The zero-order valence-electron chi connectivity index (χ0n) is 8.58. The average Bonchev–Trinajstić information content (AvgIpc) is 2.09. The summed E-state index contributed by atoms with van der Waals surface area (Å²) in [5, 5.41) is 12.5. The monoisotopic (exact) mass is 196 g/mol. The second kappa shape index (κ2) is 4.81. The van der Waals surface area contributed by atoms with Crippen LogP contribution in [0.25, 0.3) is 0 Å². The lowest BCUT2D eigenvalue weighted by Gasteiger charge is -2.08. The summed E-state index contributed by atoms with van der Waals surface area (Å²) in [6, 6.07) is 3.12. The number of rotatable bonds is 4. The molecule has 1 heterocycles. The van der Waals surface area contributed by atoms with E-state index >= 15 is 0 Å². The Morgan fingerprint density at radius 1 is 1.50 bits per heavy atom. The number of hydrogen-bond acceptors (Lipinski definition) is 3. The summed E-state index contributed by atoms with van der Waals surface area (Å²) in [4.78, 5) is 11.4. The van der Waals surface area contributed by atoms with Crippen LogP contribution >= 0.6 is 0 Å². The van der Waals surface area contributed by atoms with Crippen molar-refractivity contribution < 1.29 is 5.11 Å². The number of pyridine rings is 1. The molecule has 14 heavy (non-hydrogen) atoms. The fourth-order valence-corrected chi connectivity index (χ4v) is 1.35. The second-order valence-corrected chi connectivity index (χ2v) is 3.34. The van der Waals surface area contributed by atoms with Gasteiger partial charge in [-0.05, 0) is 32.5 Å². The fourth-order valence-electron chi connectivity index (χ4n) is 1.35. The summed E-state index contributed by atoms with van der Waals surface area (Å²) in [6.07, 6.45) is 0.826. The average molecular weight is 196 g/mol. The molecular formula is C10H16N2O2. The third-order valence-corrected chi connectivity index (χ3v) is 2.06. The second-order valence-electron chi connectivity index (χ2n) is 3.34. The third kappa shape index (κ3) is 2.60. The minimum Gasteiger partial charge on any atom is -0.494 e. The Morgan fingerprint density at radius 2 is 2.21 bits per heavy atom. The van der Waals surface area contributed by atoms with Gasteiger partial charge in [0, 0.05) is 18.7 Å². The molecule has 1 aromatic rings. The number of nitrogens with one attached hydrogen (secondary N) is 1. The van der Waals surface area contributed by atoms with Crippen LogP contribution in [-0.2, 0) is 6.54 Å². The van der Waals surface area contributed by atoms with E-state index in [2.05, 4.69) is 5.32 Å². The van der Waals surface area contributed by atoms with Crippen LogP contribution in [0.15, 0.2) is 16.9 Å². The summed E-state index contributed by atoms with van der Waals surface area (Å²) in [5.74, 6) is 0.0473. The predicted molar refractivity (Wildman–Crippen MR) is 55.6 cm³/mol. The molecule has 0 spiro atoms. The lowest BCUT2D eigenvalue weighted by atomic mass is 10.3. The molecular weight excluding hydrogens is 180 g/mol. The highest BCUT2D eigenvalue weighted by molar-refractivity contribution is 5.19. The van der Waals surface area contributed by atoms with Crippen molar-refractivity contribution in [3.8, 4) is 5.88 Å². The van der Waals surface area contributed by atoms with Gasteiger partial charge in [0.1, 0.15) is 0 Å². The zero-order valence-corrected chi connectivity index (χ0v) is 8.58. The standard InChI is InChI=1S/C10H16N2O2/c1-8-6-9(13)12(10(14)7-8)5-3-4-11-2/h6-7,11,13H,3-5H2,1-2H3. The zero-order chi connectivity index (χ0) is 10.6. The Kier molecular flexibility index (Phi) is 3.71. The highest BCUT2D eigenvalue weighted by atomic mass is 16.3. The van der Waals surface area contributed by atoms with Crippen molar-refractivity contribution in [3.63, 3.8) is 0 Å². The summed E-state index contributed by atoms with van der Waals surface area (Å²) in [7, 11) is 1.86. The first-order valence-corrected chi connectivity index (χ1v) is 4.70. The fraction of sp³-hybridized carbons (Fsp3) is 0.500. The van der Waals surface area contributed by atoms with E-state index in [9.17, 15) is 9.90 Å². The van der Waals surface area contributed by atoms with E-state index in [4.69, 9.17) is 0 Å². The maximum Gasteiger partial charge on any atom is 0.253 e. The maximum absolute atomic E-state index is 11.4. The first kappa shape index (κ1) is 10.8. The van der Waals surface area contributed by atoms with Crippen LogP contribution in [0.5, 0.6) is 5.88 Å². The summed E-state index contributed by atoms with van der Waals surface area (Å²) in [6.45, 7) is 3.17. The Hall–Kier alpha value is -1.29. The minimum atomic E-state index is -0.140. The molecule has 0 unspecified atom stereocenters. The molecule has 0 radical (unpaired) electrons. The molecule has 4 heteroatoms. The summed E-state index contributed by atoms with van der Waals surface area (Å²) >= 11 is 0. The van der Waals surface area contributed by atoms with Crippen molar-refractivity contribution >= 4 is 0 Å². The van der Waals surface area contributed by atoms with E-state index in [0.29, 0.717) is 6.54 Å².